The summed E-state index contributed by atoms with van der Waals surface area (Å²) in [7, 11) is 0. The molecular formula is C23H24N4O. The molecular weight excluding hydrogens is 348 g/mol. The van der Waals surface area contributed by atoms with Gasteiger partial charge in [-0.1, -0.05) is 36.4 Å². The number of benzene rings is 2. The second kappa shape index (κ2) is 7.24. The first-order valence-electron chi connectivity index (χ1n) is 9.91. The van der Waals surface area contributed by atoms with Crippen LogP contribution >= 0.6 is 0 Å². The predicted octanol–water partition coefficient (Wildman–Crippen LogP) is 2.81. The second-order valence-electron chi connectivity index (χ2n) is 7.79. The molecule has 1 aromatic heterocycles. The summed E-state index contributed by atoms with van der Waals surface area (Å²) in [5.74, 6) is 0.142. The topological polar surface area (TPSA) is 41.4 Å². The van der Waals surface area contributed by atoms with Crippen LogP contribution in [0.4, 0.5) is 0 Å². The van der Waals surface area contributed by atoms with Crippen molar-refractivity contribution in [2.45, 2.75) is 25.6 Å². The molecule has 2 aliphatic heterocycles. The molecule has 28 heavy (non-hydrogen) atoms. The number of carbonyl (C=O) groups is 1. The number of likely N-dealkylation sites (tertiary alicyclic amines) is 1. The number of imidazole rings is 1. The van der Waals surface area contributed by atoms with E-state index in [1.165, 1.54) is 16.7 Å². The Bertz CT molecular complexity index is 959. The summed E-state index contributed by atoms with van der Waals surface area (Å²) in [6, 6.07) is 17.1. The Morgan fingerprint density at radius 3 is 2.57 bits per heavy atom. The van der Waals surface area contributed by atoms with Crippen molar-refractivity contribution in [3.05, 3.63) is 89.5 Å². The van der Waals surface area contributed by atoms with E-state index in [4.69, 9.17) is 0 Å². The van der Waals surface area contributed by atoms with Gasteiger partial charge in [0.15, 0.2) is 0 Å². The number of hydrogen-bond donors (Lipinski definition) is 0. The predicted molar refractivity (Wildman–Crippen MR) is 108 cm³/mol. The summed E-state index contributed by atoms with van der Waals surface area (Å²) in [6.45, 7) is 4.53. The Labute approximate surface area is 165 Å². The zero-order valence-corrected chi connectivity index (χ0v) is 15.9. The third kappa shape index (κ3) is 3.34. The van der Waals surface area contributed by atoms with Gasteiger partial charge in [-0.3, -0.25) is 9.69 Å². The van der Waals surface area contributed by atoms with Gasteiger partial charge in [-0.05, 0) is 35.2 Å². The maximum atomic E-state index is 12.8. The Morgan fingerprint density at radius 2 is 1.82 bits per heavy atom. The van der Waals surface area contributed by atoms with Gasteiger partial charge in [0.2, 0.25) is 0 Å². The molecule has 1 saturated heterocycles. The summed E-state index contributed by atoms with van der Waals surface area (Å²) >= 11 is 0. The van der Waals surface area contributed by atoms with E-state index in [1.54, 1.807) is 12.5 Å². The SMILES string of the molecule is O=C(c1ccc(Cn2ccnc2)cc1)N1CC(N2CCc3ccccc3C2)C1. The lowest BCUT2D eigenvalue weighted by molar-refractivity contribution is 0.0218. The Morgan fingerprint density at radius 1 is 1.04 bits per heavy atom. The highest BCUT2D eigenvalue weighted by Crippen LogP contribution is 2.25. The lowest BCUT2D eigenvalue weighted by Gasteiger charge is -2.47. The van der Waals surface area contributed by atoms with Crippen molar-refractivity contribution in [2.24, 2.45) is 0 Å². The van der Waals surface area contributed by atoms with Gasteiger partial charge in [0, 0.05) is 56.7 Å². The Kier molecular flexibility index (Phi) is 4.45. The lowest BCUT2D eigenvalue weighted by Crippen LogP contribution is -2.61. The number of amides is 1. The standard InChI is InChI=1S/C23H24N4O/c28-23(20-7-5-18(6-8-20)13-25-12-10-24-17-25)27-15-22(16-27)26-11-9-19-3-1-2-4-21(19)14-26/h1-8,10,12,17,22H,9,11,13-16H2. The molecule has 0 bridgehead atoms. The van der Waals surface area contributed by atoms with E-state index in [0.717, 1.165) is 44.7 Å². The van der Waals surface area contributed by atoms with Gasteiger partial charge in [0.05, 0.1) is 6.33 Å². The van der Waals surface area contributed by atoms with Gasteiger partial charge in [0.25, 0.3) is 5.91 Å². The van der Waals surface area contributed by atoms with Crippen LogP contribution < -0.4 is 0 Å². The van der Waals surface area contributed by atoms with E-state index in [2.05, 4.69) is 34.1 Å². The summed E-state index contributed by atoms with van der Waals surface area (Å²) in [5, 5.41) is 0. The van der Waals surface area contributed by atoms with Gasteiger partial charge < -0.3 is 9.47 Å². The monoisotopic (exact) mass is 372 g/mol. The van der Waals surface area contributed by atoms with Gasteiger partial charge >= 0.3 is 0 Å². The highest BCUT2D eigenvalue weighted by atomic mass is 16.2. The van der Waals surface area contributed by atoms with Gasteiger partial charge in [-0.15, -0.1) is 0 Å². The largest absolute Gasteiger partial charge is 0.335 e. The normalized spacial score (nSPS) is 17.2. The first-order valence-corrected chi connectivity index (χ1v) is 9.91. The quantitative estimate of drug-likeness (QED) is 0.707. The maximum absolute atomic E-state index is 12.8. The van der Waals surface area contributed by atoms with Crippen LogP contribution in [0.15, 0.2) is 67.3 Å². The second-order valence-corrected chi connectivity index (χ2v) is 7.79. The van der Waals surface area contributed by atoms with Crippen LogP contribution in [-0.2, 0) is 19.5 Å². The molecule has 5 heteroatoms. The van der Waals surface area contributed by atoms with Gasteiger partial charge in [-0.2, -0.15) is 0 Å². The molecule has 1 amide bonds. The third-order valence-electron chi connectivity index (χ3n) is 5.95. The van der Waals surface area contributed by atoms with Crippen LogP contribution in [0.5, 0.6) is 0 Å². The van der Waals surface area contributed by atoms with Crippen LogP contribution in [0.1, 0.15) is 27.0 Å². The van der Waals surface area contributed by atoms with Crippen molar-refractivity contribution < 1.29 is 4.79 Å². The smallest absolute Gasteiger partial charge is 0.253 e. The lowest BCUT2D eigenvalue weighted by atomic mass is 9.96. The number of hydrogen-bond acceptors (Lipinski definition) is 3. The highest BCUT2D eigenvalue weighted by Gasteiger charge is 2.36. The zero-order valence-electron chi connectivity index (χ0n) is 15.9. The summed E-state index contributed by atoms with van der Waals surface area (Å²) in [5.41, 5.74) is 4.86. The van der Waals surface area contributed by atoms with Crippen LogP contribution in [0.25, 0.3) is 0 Å². The van der Waals surface area contributed by atoms with E-state index in [9.17, 15) is 4.79 Å². The third-order valence-corrected chi connectivity index (χ3v) is 5.95. The minimum absolute atomic E-state index is 0.142. The number of fused-ring (bicyclic) bond motifs is 1. The van der Waals surface area contributed by atoms with Crippen LogP contribution in [0.2, 0.25) is 0 Å². The molecule has 0 atom stereocenters. The number of nitrogens with zero attached hydrogens (tertiary/aromatic N) is 4. The molecule has 0 aliphatic carbocycles. The van der Waals surface area contributed by atoms with Crippen molar-refractivity contribution in [3.8, 4) is 0 Å². The number of rotatable bonds is 4. The minimum Gasteiger partial charge on any atom is -0.335 e. The van der Waals surface area contributed by atoms with Crippen molar-refractivity contribution in [1.29, 1.82) is 0 Å². The van der Waals surface area contributed by atoms with Gasteiger partial charge in [-0.25, -0.2) is 4.98 Å². The van der Waals surface area contributed by atoms with E-state index in [-0.39, 0.29) is 5.91 Å². The fourth-order valence-electron chi connectivity index (χ4n) is 4.21. The van der Waals surface area contributed by atoms with E-state index in [1.807, 2.05) is 39.9 Å². The van der Waals surface area contributed by atoms with Crippen LogP contribution in [0.3, 0.4) is 0 Å². The fourth-order valence-corrected chi connectivity index (χ4v) is 4.21. The van der Waals surface area contributed by atoms with Crippen molar-refractivity contribution in [1.82, 2.24) is 19.4 Å². The summed E-state index contributed by atoms with van der Waals surface area (Å²) in [6.07, 6.45) is 6.63. The van der Waals surface area contributed by atoms with Crippen molar-refractivity contribution >= 4 is 5.91 Å². The molecule has 5 nitrogen and oxygen atoms in total. The molecule has 2 aliphatic rings. The minimum atomic E-state index is 0.142. The molecule has 1 fully saturated rings. The molecule has 142 valence electrons. The fraction of sp³-hybridized carbons (Fsp3) is 0.304. The van der Waals surface area contributed by atoms with Crippen LogP contribution in [0, 0.1) is 0 Å². The average Bonchev–Trinajstić information content (AvgIpc) is 3.20. The molecule has 3 aromatic rings. The van der Waals surface area contributed by atoms with Gasteiger partial charge in [0.1, 0.15) is 0 Å². The van der Waals surface area contributed by atoms with Crippen molar-refractivity contribution in [3.63, 3.8) is 0 Å². The van der Waals surface area contributed by atoms with E-state index < -0.39 is 0 Å². The summed E-state index contributed by atoms with van der Waals surface area (Å²) in [4.78, 5) is 21.3. The van der Waals surface area contributed by atoms with Crippen LogP contribution in [-0.4, -0.2) is 50.9 Å². The molecule has 0 unspecified atom stereocenters. The molecule has 5 rings (SSSR count). The molecule has 0 saturated carbocycles. The Hall–Kier alpha value is -2.92. The molecule has 2 aromatic carbocycles. The average molecular weight is 372 g/mol. The first kappa shape index (κ1) is 17.2. The number of aromatic nitrogens is 2. The zero-order chi connectivity index (χ0) is 18.9. The molecule has 0 radical (unpaired) electrons. The Balaban J connectivity index is 1.17. The van der Waals surface area contributed by atoms with Crippen molar-refractivity contribution in [2.75, 3.05) is 19.6 Å². The highest BCUT2D eigenvalue weighted by molar-refractivity contribution is 5.94. The molecule has 0 N–H and O–H groups in total. The summed E-state index contributed by atoms with van der Waals surface area (Å²) < 4.78 is 2.02. The number of carbonyl (C=O) groups excluding carboxylic acids is 1. The maximum Gasteiger partial charge on any atom is 0.253 e. The van der Waals surface area contributed by atoms with E-state index >= 15 is 0 Å². The molecule has 3 heterocycles. The van der Waals surface area contributed by atoms with E-state index in [0.29, 0.717) is 6.04 Å². The molecule has 0 spiro atoms. The first-order chi connectivity index (χ1) is 13.8.